The normalized spacial score (nSPS) is 18.6. The van der Waals surface area contributed by atoms with Gasteiger partial charge in [-0.15, -0.1) is 0 Å². The fraction of sp³-hybridized carbons (Fsp3) is 0.500. The van der Waals surface area contributed by atoms with Gasteiger partial charge in [0.2, 0.25) is 5.91 Å². The zero-order valence-corrected chi connectivity index (χ0v) is 11.4. The number of hydrogen-bond acceptors (Lipinski definition) is 4. The molecular formula is C14H19FN2O3. The minimum absolute atomic E-state index is 0.0846. The van der Waals surface area contributed by atoms with Gasteiger partial charge in [-0.05, 0) is 24.1 Å². The van der Waals surface area contributed by atoms with Gasteiger partial charge in [-0.2, -0.15) is 0 Å². The average Bonchev–Trinajstić information content (AvgIpc) is 2.48. The molecule has 1 aromatic rings. The lowest BCUT2D eigenvalue weighted by molar-refractivity contribution is -0.125. The van der Waals surface area contributed by atoms with Crippen LogP contribution in [0, 0.1) is 5.82 Å². The fourth-order valence-electron chi connectivity index (χ4n) is 2.05. The van der Waals surface area contributed by atoms with Gasteiger partial charge in [-0.3, -0.25) is 4.79 Å². The van der Waals surface area contributed by atoms with Crippen molar-refractivity contribution in [3.8, 4) is 5.75 Å². The minimum Gasteiger partial charge on any atom is -0.494 e. The van der Waals surface area contributed by atoms with Gasteiger partial charge in [0, 0.05) is 13.1 Å². The van der Waals surface area contributed by atoms with Crippen LogP contribution in [0.4, 0.5) is 4.39 Å². The first-order valence-corrected chi connectivity index (χ1v) is 6.62. The minimum atomic E-state index is -0.390. The van der Waals surface area contributed by atoms with E-state index >= 15 is 0 Å². The van der Waals surface area contributed by atoms with E-state index < -0.39 is 5.82 Å². The van der Waals surface area contributed by atoms with Crippen molar-refractivity contribution in [3.05, 3.63) is 29.6 Å². The lowest BCUT2D eigenvalue weighted by Gasteiger charge is -2.22. The summed E-state index contributed by atoms with van der Waals surface area (Å²) in [7, 11) is 1.43. The van der Waals surface area contributed by atoms with Crippen LogP contribution in [-0.2, 0) is 16.0 Å². The van der Waals surface area contributed by atoms with Gasteiger partial charge in [-0.25, -0.2) is 4.39 Å². The first-order chi connectivity index (χ1) is 9.70. The first-order valence-electron chi connectivity index (χ1n) is 6.62. The Morgan fingerprint density at radius 3 is 3.10 bits per heavy atom. The van der Waals surface area contributed by atoms with Crippen LogP contribution in [0.25, 0.3) is 0 Å². The Kier molecular flexibility index (Phi) is 5.31. The van der Waals surface area contributed by atoms with E-state index in [2.05, 4.69) is 10.6 Å². The van der Waals surface area contributed by atoms with Crippen molar-refractivity contribution >= 4 is 5.91 Å². The smallest absolute Gasteiger partial charge is 0.239 e. The number of nitrogens with one attached hydrogen (secondary N) is 2. The SMILES string of the molecule is COc1ccc(CCNC(=O)C2COCCN2)cc1F. The highest BCUT2D eigenvalue weighted by Crippen LogP contribution is 2.17. The molecular weight excluding hydrogens is 263 g/mol. The third-order valence-corrected chi connectivity index (χ3v) is 3.17. The molecule has 2 rings (SSSR count). The summed E-state index contributed by atoms with van der Waals surface area (Å²) in [6, 6.07) is 4.50. The van der Waals surface area contributed by atoms with Gasteiger partial charge in [0.25, 0.3) is 0 Å². The number of methoxy groups -OCH3 is 1. The Labute approximate surface area is 117 Å². The molecule has 1 aromatic carbocycles. The number of ether oxygens (including phenoxy) is 2. The van der Waals surface area contributed by atoms with E-state index in [-0.39, 0.29) is 17.7 Å². The van der Waals surface area contributed by atoms with Crippen LogP contribution >= 0.6 is 0 Å². The molecule has 1 amide bonds. The maximum atomic E-state index is 13.5. The highest BCUT2D eigenvalue weighted by molar-refractivity contribution is 5.81. The molecule has 20 heavy (non-hydrogen) atoms. The Bertz CT molecular complexity index is 462. The zero-order valence-electron chi connectivity index (χ0n) is 11.4. The summed E-state index contributed by atoms with van der Waals surface area (Å²) >= 11 is 0. The fourth-order valence-corrected chi connectivity index (χ4v) is 2.05. The first kappa shape index (κ1) is 14.7. The summed E-state index contributed by atoms with van der Waals surface area (Å²) < 4.78 is 23.6. The van der Waals surface area contributed by atoms with Crippen LogP contribution in [0.15, 0.2) is 18.2 Å². The molecule has 6 heteroatoms. The second kappa shape index (κ2) is 7.21. The maximum absolute atomic E-state index is 13.5. The van der Waals surface area contributed by atoms with Gasteiger partial charge in [0.1, 0.15) is 6.04 Å². The third kappa shape index (κ3) is 3.91. The second-order valence-corrected chi connectivity index (χ2v) is 4.59. The van der Waals surface area contributed by atoms with Gasteiger partial charge < -0.3 is 20.1 Å². The maximum Gasteiger partial charge on any atom is 0.239 e. The number of morpholine rings is 1. The second-order valence-electron chi connectivity index (χ2n) is 4.59. The van der Waals surface area contributed by atoms with E-state index in [1.807, 2.05) is 0 Å². The van der Waals surface area contributed by atoms with E-state index in [4.69, 9.17) is 9.47 Å². The molecule has 110 valence electrons. The molecule has 0 radical (unpaired) electrons. The van der Waals surface area contributed by atoms with Crippen LogP contribution in [0.5, 0.6) is 5.75 Å². The molecule has 1 saturated heterocycles. The van der Waals surface area contributed by atoms with Crippen LogP contribution in [0.3, 0.4) is 0 Å². The van der Waals surface area contributed by atoms with E-state index in [0.717, 1.165) is 5.56 Å². The Hall–Kier alpha value is -1.66. The third-order valence-electron chi connectivity index (χ3n) is 3.17. The quantitative estimate of drug-likeness (QED) is 0.825. The molecule has 1 unspecified atom stereocenters. The zero-order chi connectivity index (χ0) is 14.4. The lowest BCUT2D eigenvalue weighted by Crippen LogP contribution is -2.51. The van der Waals surface area contributed by atoms with Crippen LogP contribution < -0.4 is 15.4 Å². The molecule has 0 spiro atoms. The predicted molar refractivity (Wildman–Crippen MR) is 72.3 cm³/mol. The van der Waals surface area contributed by atoms with Crippen molar-refractivity contribution in [3.63, 3.8) is 0 Å². The van der Waals surface area contributed by atoms with Gasteiger partial charge >= 0.3 is 0 Å². The Morgan fingerprint density at radius 2 is 2.45 bits per heavy atom. The topological polar surface area (TPSA) is 59.6 Å². The molecule has 0 aliphatic carbocycles. The lowest BCUT2D eigenvalue weighted by atomic mass is 10.1. The number of halogens is 1. The van der Waals surface area contributed by atoms with Crippen molar-refractivity contribution < 1.29 is 18.7 Å². The van der Waals surface area contributed by atoms with E-state index in [1.165, 1.54) is 13.2 Å². The van der Waals surface area contributed by atoms with Gasteiger partial charge in [0.05, 0.1) is 20.3 Å². The highest BCUT2D eigenvalue weighted by Gasteiger charge is 2.20. The number of hydrogen-bond donors (Lipinski definition) is 2. The summed E-state index contributed by atoms with van der Waals surface area (Å²) in [5, 5.41) is 5.89. The number of amides is 1. The van der Waals surface area contributed by atoms with E-state index in [0.29, 0.717) is 32.7 Å². The van der Waals surface area contributed by atoms with Crippen molar-refractivity contribution in [1.82, 2.24) is 10.6 Å². The summed E-state index contributed by atoms with van der Waals surface area (Å²) in [6.07, 6.45) is 0.570. The summed E-state index contributed by atoms with van der Waals surface area (Å²) in [5.74, 6) is -0.251. The molecule has 1 atom stereocenters. The van der Waals surface area contributed by atoms with Gasteiger partial charge in [-0.1, -0.05) is 6.07 Å². The molecule has 0 saturated carbocycles. The molecule has 5 nitrogen and oxygen atoms in total. The predicted octanol–water partition coefficient (Wildman–Crippen LogP) is 0.481. The van der Waals surface area contributed by atoms with Crippen LogP contribution in [0.2, 0.25) is 0 Å². The summed E-state index contributed by atoms with van der Waals surface area (Å²) in [5.41, 5.74) is 0.816. The van der Waals surface area contributed by atoms with Crippen molar-refractivity contribution in [2.75, 3.05) is 33.4 Å². The van der Waals surface area contributed by atoms with Crippen LogP contribution in [-0.4, -0.2) is 45.4 Å². The average molecular weight is 282 g/mol. The van der Waals surface area contributed by atoms with Crippen molar-refractivity contribution in [1.29, 1.82) is 0 Å². The molecule has 0 aromatic heterocycles. The van der Waals surface area contributed by atoms with Crippen LogP contribution in [0.1, 0.15) is 5.56 Å². The van der Waals surface area contributed by atoms with Crippen molar-refractivity contribution in [2.45, 2.75) is 12.5 Å². The summed E-state index contributed by atoms with van der Waals surface area (Å²) in [6.45, 7) is 2.17. The Balaban J connectivity index is 1.77. The number of carbonyl (C=O) groups excluding carboxylic acids is 1. The van der Waals surface area contributed by atoms with E-state index in [1.54, 1.807) is 12.1 Å². The van der Waals surface area contributed by atoms with Gasteiger partial charge in [0.15, 0.2) is 11.6 Å². The highest BCUT2D eigenvalue weighted by atomic mass is 19.1. The molecule has 1 aliphatic heterocycles. The number of benzene rings is 1. The summed E-state index contributed by atoms with van der Waals surface area (Å²) in [4.78, 5) is 11.8. The molecule has 1 aliphatic rings. The standard InChI is InChI=1S/C14H19FN2O3/c1-19-13-3-2-10(8-11(13)15)4-5-17-14(18)12-9-20-7-6-16-12/h2-3,8,12,16H,4-7,9H2,1H3,(H,17,18). The molecule has 1 heterocycles. The molecule has 2 N–H and O–H groups in total. The monoisotopic (exact) mass is 282 g/mol. The number of rotatable bonds is 5. The molecule has 1 fully saturated rings. The molecule has 0 bridgehead atoms. The Morgan fingerprint density at radius 1 is 1.60 bits per heavy atom. The largest absolute Gasteiger partial charge is 0.494 e. The number of carbonyl (C=O) groups is 1. The van der Waals surface area contributed by atoms with Crippen molar-refractivity contribution in [2.24, 2.45) is 0 Å². The van der Waals surface area contributed by atoms with E-state index in [9.17, 15) is 9.18 Å².